The van der Waals surface area contributed by atoms with E-state index in [1.807, 2.05) is 13.8 Å². The number of ketones is 2. The fourth-order valence-electron chi connectivity index (χ4n) is 7.06. The Labute approximate surface area is 148 Å². The van der Waals surface area contributed by atoms with Gasteiger partial charge in [-0.3, -0.25) is 9.59 Å². The molecule has 3 fully saturated rings. The summed E-state index contributed by atoms with van der Waals surface area (Å²) in [7, 11) is 0. The maximum Gasteiger partial charge on any atom is 0.133 e. The molecular formula is C22H36O2. The number of carbonyl (C=O) groups excluding carboxylic acids is 2. The molecular weight excluding hydrogens is 296 g/mol. The van der Waals surface area contributed by atoms with Gasteiger partial charge < -0.3 is 0 Å². The van der Waals surface area contributed by atoms with Crippen molar-refractivity contribution in [2.45, 2.75) is 91.9 Å². The topological polar surface area (TPSA) is 34.1 Å². The third-order valence-electron chi connectivity index (χ3n) is 8.48. The molecule has 0 aromatic rings. The number of Topliss-reactive ketones (excluding diaryl/α,β-unsaturated/α-hetero) is 2. The van der Waals surface area contributed by atoms with Gasteiger partial charge in [0.2, 0.25) is 0 Å². The van der Waals surface area contributed by atoms with Crippen molar-refractivity contribution in [2.75, 3.05) is 0 Å². The van der Waals surface area contributed by atoms with E-state index in [-0.39, 0.29) is 5.41 Å². The molecule has 0 heterocycles. The van der Waals surface area contributed by atoms with Crippen LogP contribution >= 0.6 is 0 Å². The van der Waals surface area contributed by atoms with Crippen molar-refractivity contribution < 1.29 is 9.59 Å². The molecule has 3 aliphatic rings. The fraction of sp³-hybridized carbons (Fsp3) is 0.909. The summed E-state index contributed by atoms with van der Waals surface area (Å²) in [5.41, 5.74) is 0.605. The van der Waals surface area contributed by atoms with Crippen LogP contribution in [-0.4, -0.2) is 11.6 Å². The van der Waals surface area contributed by atoms with Gasteiger partial charge in [-0.25, -0.2) is 0 Å². The Kier molecular flexibility index (Phi) is 4.97. The first-order valence-corrected chi connectivity index (χ1v) is 10.3. The minimum absolute atomic E-state index is 0.254. The maximum atomic E-state index is 12.2. The van der Waals surface area contributed by atoms with Crippen LogP contribution in [0.2, 0.25) is 0 Å². The Bertz CT molecular complexity index is 510. The van der Waals surface area contributed by atoms with Crippen LogP contribution < -0.4 is 0 Å². The monoisotopic (exact) mass is 332 g/mol. The third-order valence-corrected chi connectivity index (χ3v) is 8.48. The lowest BCUT2D eigenvalue weighted by Gasteiger charge is -2.56. The van der Waals surface area contributed by atoms with Crippen molar-refractivity contribution in [3.05, 3.63) is 0 Å². The van der Waals surface area contributed by atoms with Crippen LogP contribution in [0.4, 0.5) is 0 Å². The molecule has 0 bridgehead atoms. The van der Waals surface area contributed by atoms with E-state index in [0.29, 0.717) is 29.3 Å². The molecule has 0 aromatic heterocycles. The summed E-state index contributed by atoms with van der Waals surface area (Å²) in [5.74, 6) is 3.47. The molecule has 0 aliphatic heterocycles. The van der Waals surface area contributed by atoms with E-state index in [1.54, 1.807) is 0 Å². The Balaban J connectivity index is 1.78. The number of carbonyl (C=O) groups is 2. The molecule has 0 saturated heterocycles. The summed E-state index contributed by atoms with van der Waals surface area (Å²) in [6.45, 7) is 8.68. The highest BCUT2D eigenvalue weighted by atomic mass is 16.1. The second-order valence-electron chi connectivity index (χ2n) is 9.60. The summed E-state index contributed by atoms with van der Waals surface area (Å²) in [6, 6.07) is 0. The molecule has 0 aromatic carbocycles. The van der Waals surface area contributed by atoms with Gasteiger partial charge in [0.15, 0.2) is 0 Å². The van der Waals surface area contributed by atoms with Gasteiger partial charge in [0.05, 0.1) is 0 Å². The van der Waals surface area contributed by atoms with E-state index in [2.05, 4.69) is 13.8 Å². The highest BCUT2D eigenvalue weighted by Gasteiger charge is 2.58. The van der Waals surface area contributed by atoms with Gasteiger partial charge in [0.25, 0.3) is 0 Å². The molecule has 0 radical (unpaired) electrons. The summed E-state index contributed by atoms with van der Waals surface area (Å²) in [5, 5.41) is 0. The largest absolute Gasteiger partial charge is 0.300 e. The summed E-state index contributed by atoms with van der Waals surface area (Å²) >= 11 is 0. The van der Waals surface area contributed by atoms with Crippen LogP contribution in [-0.2, 0) is 9.59 Å². The lowest BCUT2D eigenvalue weighted by Crippen LogP contribution is -2.49. The van der Waals surface area contributed by atoms with Crippen LogP contribution in [0.5, 0.6) is 0 Å². The highest BCUT2D eigenvalue weighted by Crippen LogP contribution is 2.65. The molecule has 3 saturated carbocycles. The van der Waals surface area contributed by atoms with Crippen molar-refractivity contribution in [1.82, 2.24) is 0 Å². The summed E-state index contributed by atoms with van der Waals surface area (Å²) in [6.07, 6.45) is 11.4. The van der Waals surface area contributed by atoms with Gasteiger partial charge in [-0.2, -0.15) is 0 Å². The normalized spacial score (nSPS) is 44.7. The molecule has 0 amide bonds. The molecule has 3 aliphatic carbocycles. The van der Waals surface area contributed by atoms with Crippen molar-refractivity contribution in [2.24, 2.45) is 34.5 Å². The zero-order chi connectivity index (χ0) is 17.5. The van der Waals surface area contributed by atoms with Gasteiger partial charge in [0.1, 0.15) is 11.6 Å². The predicted octanol–water partition coefficient (Wildman–Crippen LogP) is 5.58. The van der Waals surface area contributed by atoms with E-state index in [0.717, 1.165) is 37.0 Å². The standard InChI is InChI=1S/C22H36O2/c1-5-16(24)10-13-21(3)12-6-7-17-19(21)11-14-22(4)18(15(2)23)8-9-20(17)22/h17-20H,5-14H2,1-4H3/t17-,18-,19+,20+,21-,22-/m1/s1. The van der Waals surface area contributed by atoms with Crippen molar-refractivity contribution in [3.63, 3.8) is 0 Å². The molecule has 0 spiro atoms. The first-order chi connectivity index (χ1) is 11.3. The number of hydrogen-bond donors (Lipinski definition) is 0. The number of rotatable bonds is 5. The van der Waals surface area contributed by atoms with Crippen molar-refractivity contribution >= 4 is 11.6 Å². The zero-order valence-corrected chi connectivity index (χ0v) is 16.2. The smallest absolute Gasteiger partial charge is 0.133 e. The minimum Gasteiger partial charge on any atom is -0.300 e. The van der Waals surface area contributed by atoms with Crippen LogP contribution in [0.15, 0.2) is 0 Å². The van der Waals surface area contributed by atoms with E-state index in [4.69, 9.17) is 0 Å². The van der Waals surface area contributed by atoms with E-state index < -0.39 is 0 Å². The predicted molar refractivity (Wildman–Crippen MR) is 97.7 cm³/mol. The van der Waals surface area contributed by atoms with Crippen LogP contribution in [0.3, 0.4) is 0 Å². The Morgan fingerprint density at radius 1 is 1.00 bits per heavy atom. The lowest BCUT2D eigenvalue weighted by atomic mass is 9.48. The first kappa shape index (κ1) is 18.1. The molecule has 24 heavy (non-hydrogen) atoms. The average Bonchev–Trinajstić information content (AvgIpc) is 2.90. The molecule has 136 valence electrons. The van der Waals surface area contributed by atoms with Gasteiger partial charge in [-0.1, -0.05) is 27.2 Å². The average molecular weight is 333 g/mol. The number of hydrogen-bond acceptors (Lipinski definition) is 2. The quantitative estimate of drug-likeness (QED) is 0.658. The molecule has 6 atom stereocenters. The van der Waals surface area contributed by atoms with Crippen LogP contribution in [0.1, 0.15) is 91.9 Å². The molecule has 3 rings (SSSR count). The SMILES string of the molecule is CCC(=O)CC[C@@]1(C)CCC[C@@H]2[C@@H]1CC[C@]1(C)[C@@H](C(C)=O)CC[C@@H]21. The van der Waals surface area contributed by atoms with Crippen molar-refractivity contribution in [1.29, 1.82) is 0 Å². The third kappa shape index (κ3) is 2.88. The second-order valence-corrected chi connectivity index (χ2v) is 9.60. The number of fused-ring (bicyclic) bond motifs is 3. The van der Waals surface area contributed by atoms with Gasteiger partial charge in [0, 0.05) is 18.8 Å². The summed E-state index contributed by atoms with van der Waals surface area (Å²) in [4.78, 5) is 24.0. The maximum absolute atomic E-state index is 12.2. The van der Waals surface area contributed by atoms with Gasteiger partial charge in [-0.15, -0.1) is 0 Å². The molecule has 2 heteroatoms. The van der Waals surface area contributed by atoms with E-state index in [9.17, 15) is 9.59 Å². The van der Waals surface area contributed by atoms with Crippen LogP contribution in [0, 0.1) is 34.5 Å². The fourth-order valence-corrected chi connectivity index (χ4v) is 7.06. The van der Waals surface area contributed by atoms with Crippen LogP contribution in [0.25, 0.3) is 0 Å². The first-order valence-electron chi connectivity index (χ1n) is 10.3. The van der Waals surface area contributed by atoms with E-state index >= 15 is 0 Å². The Morgan fingerprint density at radius 3 is 2.42 bits per heavy atom. The molecule has 0 N–H and O–H groups in total. The molecule has 2 nitrogen and oxygen atoms in total. The summed E-state index contributed by atoms with van der Waals surface area (Å²) < 4.78 is 0. The highest BCUT2D eigenvalue weighted by molar-refractivity contribution is 5.79. The minimum atomic E-state index is 0.254. The molecule has 0 unspecified atom stereocenters. The lowest BCUT2D eigenvalue weighted by molar-refractivity contribution is -0.129. The Hall–Kier alpha value is -0.660. The Morgan fingerprint density at radius 2 is 1.75 bits per heavy atom. The van der Waals surface area contributed by atoms with Gasteiger partial charge in [-0.05, 0) is 80.5 Å². The zero-order valence-electron chi connectivity index (χ0n) is 16.2. The van der Waals surface area contributed by atoms with Crippen molar-refractivity contribution in [3.8, 4) is 0 Å². The second kappa shape index (κ2) is 6.57. The van der Waals surface area contributed by atoms with E-state index in [1.165, 1.54) is 38.5 Å². The van der Waals surface area contributed by atoms with Gasteiger partial charge >= 0.3 is 0 Å².